The van der Waals surface area contributed by atoms with E-state index in [0.717, 1.165) is 6.54 Å². The molecule has 4 heteroatoms. The topological polar surface area (TPSA) is 37.4 Å². The minimum atomic E-state index is 0.453. The molecule has 20 heavy (non-hydrogen) atoms. The molecule has 4 nitrogen and oxygen atoms in total. The highest BCUT2D eigenvalue weighted by Crippen LogP contribution is 2.37. The number of nitrogens with one attached hydrogen (secondary N) is 1. The lowest BCUT2D eigenvalue weighted by atomic mass is 9.84. The number of methoxy groups -OCH3 is 1. The maximum Gasteiger partial charge on any atom is 0.212 e. The van der Waals surface area contributed by atoms with Crippen molar-refractivity contribution < 1.29 is 4.74 Å². The number of pyridine rings is 1. The third kappa shape index (κ3) is 3.30. The summed E-state index contributed by atoms with van der Waals surface area (Å²) in [5.41, 5.74) is 1.31. The lowest BCUT2D eigenvalue weighted by Crippen LogP contribution is -2.45. The van der Waals surface area contributed by atoms with Crippen molar-refractivity contribution in [1.82, 2.24) is 15.2 Å². The Morgan fingerprint density at radius 1 is 1.45 bits per heavy atom. The van der Waals surface area contributed by atoms with Crippen LogP contribution in [0.25, 0.3) is 0 Å². The minimum absolute atomic E-state index is 0.453. The van der Waals surface area contributed by atoms with E-state index in [2.05, 4.69) is 35.1 Å². The van der Waals surface area contributed by atoms with Gasteiger partial charge in [0.25, 0.3) is 0 Å². The Morgan fingerprint density at radius 2 is 2.25 bits per heavy atom. The Hall–Kier alpha value is -1.13. The maximum atomic E-state index is 5.17. The third-order valence-corrected chi connectivity index (χ3v) is 4.23. The number of hydrogen-bond donors (Lipinski definition) is 1. The van der Waals surface area contributed by atoms with Crippen molar-refractivity contribution in [2.75, 3.05) is 27.2 Å². The van der Waals surface area contributed by atoms with Crippen LogP contribution in [0.3, 0.4) is 0 Å². The molecule has 0 bridgehead atoms. The quantitative estimate of drug-likeness (QED) is 0.897. The van der Waals surface area contributed by atoms with Crippen LogP contribution >= 0.6 is 0 Å². The summed E-state index contributed by atoms with van der Waals surface area (Å²) >= 11 is 0. The van der Waals surface area contributed by atoms with E-state index in [1.807, 2.05) is 19.3 Å². The molecule has 0 aliphatic carbocycles. The van der Waals surface area contributed by atoms with Gasteiger partial charge >= 0.3 is 0 Å². The molecule has 0 amide bonds. The first-order chi connectivity index (χ1) is 9.67. The van der Waals surface area contributed by atoms with Crippen molar-refractivity contribution in [1.29, 1.82) is 0 Å². The average molecular weight is 277 g/mol. The summed E-state index contributed by atoms with van der Waals surface area (Å²) in [5, 5.41) is 3.35. The molecule has 1 aliphatic heterocycles. The summed E-state index contributed by atoms with van der Waals surface area (Å²) in [6.45, 7) is 6.80. The molecule has 1 N–H and O–H groups in total. The van der Waals surface area contributed by atoms with Crippen molar-refractivity contribution in [3.05, 3.63) is 23.9 Å². The minimum Gasteiger partial charge on any atom is -0.481 e. The van der Waals surface area contributed by atoms with Gasteiger partial charge in [-0.1, -0.05) is 6.07 Å². The van der Waals surface area contributed by atoms with Crippen LogP contribution < -0.4 is 10.1 Å². The van der Waals surface area contributed by atoms with Crippen molar-refractivity contribution in [3.8, 4) is 5.88 Å². The van der Waals surface area contributed by atoms with Gasteiger partial charge in [-0.05, 0) is 58.3 Å². The molecule has 112 valence electrons. The summed E-state index contributed by atoms with van der Waals surface area (Å²) in [4.78, 5) is 7.00. The predicted octanol–water partition coefficient (Wildman–Crippen LogP) is 2.47. The van der Waals surface area contributed by atoms with Crippen LogP contribution in [0.4, 0.5) is 0 Å². The summed E-state index contributed by atoms with van der Waals surface area (Å²) in [7, 11) is 3.70. The molecule has 0 saturated carbocycles. The fraction of sp³-hybridized carbons (Fsp3) is 0.688. The number of nitrogens with zero attached hydrogens (tertiary/aromatic N) is 2. The molecule has 1 saturated heterocycles. The van der Waals surface area contributed by atoms with Gasteiger partial charge in [0.2, 0.25) is 5.88 Å². The zero-order valence-corrected chi connectivity index (χ0v) is 13.1. The molecular formula is C16H27N3O. The molecule has 1 aromatic heterocycles. The maximum absolute atomic E-state index is 5.17. The monoisotopic (exact) mass is 277 g/mol. The van der Waals surface area contributed by atoms with E-state index in [4.69, 9.17) is 4.74 Å². The van der Waals surface area contributed by atoms with Gasteiger partial charge in [0.1, 0.15) is 0 Å². The van der Waals surface area contributed by atoms with Gasteiger partial charge in [-0.15, -0.1) is 0 Å². The number of piperidine rings is 1. The number of likely N-dealkylation sites (tertiary alicyclic amines) is 1. The third-order valence-electron chi connectivity index (χ3n) is 4.23. The fourth-order valence-electron chi connectivity index (χ4n) is 3.31. The molecule has 2 atom stereocenters. The molecule has 0 aromatic carbocycles. The average Bonchev–Trinajstić information content (AvgIpc) is 2.47. The standard InChI is InChI=1S/C16H27N3O/c1-12(2)19-9-5-6-13(10-17-3)16(19)14-7-8-15(20-4)18-11-14/h7-8,11-13,16-17H,5-6,9-10H2,1-4H3. The molecule has 1 fully saturated rings. The van der Waals surface area contributed by atoms with Crippen LogP contribution in [0.5, 0.6) is 5.88 Å². The van der Waals surface area contributed by atoms with Crippen molar-refractivity contribution in [2.45, 2.75) is 38.8 Å². The molecule has 0 radical (unpaired) electrons. The van der Waals surface area contributed by atoms with E-state index >= 15 is 0 Å². The normalized spacial score (nSPS) is 24.1. The highest BCUT2D eigenvalue weighted by Gasteiger charge is 2.33. The van der Waals surface area contributed by atoms with E-state index in [1.165, 1.54) is 24.9 Å². The smallest absolute Gasteiger partial charge is 0.212 e. The van der Waals surface area contributed by atoms with Crippen LogP contribution in [-0.2, 0) is 0 Å². The van der Waals surface area contributed by atoms with Crippen molar-refractivity contribution in [3.63, 3.8) is 0 Å². The highest BCUT2D eigenvalue weighted by molar-refractivity contribution is 5.22. The summed E-state index contributed by atoms with van der Waals surface area (Å²) in [6, 6.07) is 5.15. The Kier molecular flexibility index (Phi) is 5.38. The Balaban J connectivity index is 2.27. The number of hydrogen-bond acceptors (Lipinski definition) is 4. The van der Waals surface area contributed by atoms with Gasteiger partial charge in [0.15, 0.2) is 0 Å². The van der Waals surface area contributed by atoms with Crippen LogP contribution in [0.1, 0.15) is 38.3 Å². The molecule has 1 aliphatic rings. The van der Waals surface area contributed by atoms with Gasteiger partial charge in [0, 0.05) is 24.3 Å². The van der Waals surface area contributed by atoms with E-state index in [9.17, 15) is 0 Å². The van der Waals surface area contributed by atoms with Crippen LogP contribution in [0, 0.1) is 5.92 Å². The molecule has 0 spiro atoms. The zero-order chi connectivity index (χ0) is 14.5. The number of ether oxygens (including phenoxy) is 1. The molecule has 2 rings (SSSR count). The summed E-state index contributed by atoms with van der Waals surface area (Å²) in [6.07, 6.45) is 4.54. The number of rotatable bonds is 5. The molecule has 1 aromatic rings. The van der Waals surface area contributed by atoms with Crippen LogP contribution in [0.15, 0.2) is 18.3 Å². The molecule has 2 heterocycles. The second-order valence-electron chi connectivity index (χ2n) is 5.87. The van der Waals surface area contributed by atoms with E-state index in [1.54, 1.807) is 7.11 Å². The first-order valence-corrected chi connectivity index (χ1v) is 7.57. The van der Waals surface area contributed by atoms with Gasteiger partial charge in [-0.2, -0.15) is 0 Å². The van der Waals surface area contributed by atoms with E-state index in [-0.39, 0.29) is 0 Å². The Bertz CT molecular complexity index is 403. The number of aromatic nitrogens is 1. The van der Waals surface area contributed by atoms with Gasteiger partial charge in [-0.25, -0.2) is 4.98 Å². The second kappa shape index (κ2) is 7.04. The lowest BCUT2D eigenvalue weighted by Gasteiger charge is -2.44. The molecule has 2 unspecified atom stereocenters. The lowest BCUT2D eigenvalue weighted by molar-refractivity contribution is 0.0633. The van der Waals surface area contributed by atoms with E-state index < -0.39 is 0 Å². The SMILES string of the molecule is CNCC1CCCN(C(C)C)C1c1ccc(OC)nc1. The van der Waals surface area contributed by atoms with E-state index in [0.29, 0.717) is 23.9 Å². The van der Waals surface area contributed by atoms with Crippen molar-refractivity contribution in [2.24, 2.45) is 5.92 Å². The molecular weight excluding hydrogens is 250 g/mol. The fourth-order valence-corrected chi connectivity index (χ4v) is 3.31. The zero-order valence-electron chi connectivity index (χ0n) is 13.1. The van der Waals surface area contributed by atoms with Crippen LogP contribution in [0.2, 0.25) is 0 Å². The Morgan fingerprint density at radius 3 is 2.80 bits per heavy atom. The largest absolute Gasteiger partial charge is 0.481 e. The first kappa shape index (κ1) is 15.3. The Labute approximate surface area is 122 Å². The second-order valence-corrected chi connectivity index (χ2v) is 5.87. The van der Waals surface area contributed by atoms with Crippen LogP contribution in [-0.4, -0.2) is 43.2 Å². The highest BCUT2D eigenvalue weighted by atomic mass is 16.5. The van der Waals surface area contributed by atoms with Crippen molar-refractivity contribution >= 4 is 0 Å². The van der Waals surface area contributed by atoms with Gasteiger partial charge in [0.05, 0.1) is 7.11 Å². The van der Waals surface area contributed by atoms with Gasteiger partial charge in [-0.3, -0.25) is 4.90 Å². The van der Waals surface area contributed by atoms with Gasteiger partial charge < -0.3 is 10.1 Å². The predicted molar refractivity (Wildman–Crippen MR) is 82.0 cm³/mol. The summed E-state index contributed by atoms with van der Waals surface area (Å²) in [5.74, 6) is 1.33. The summed E-state index contributed by atoms with van der Waals surface area (Å²) < 4.78 is 5.17. The first-order valence-electron chi connectivity index (χ1n) is 7.57.